The van der Waals surface area contributed by atoms with E-state index in [0.29, 0.717) is 37.9 Å². The number of carbonyl (C=O) groups excluding carboxylic acids is 2. The lowest BCUT2D eigenvalue weighted by atomic mass is 9.88. The minimum Gasteiger partial charge on any atom is -0.508 e. The highest BCUT2D eigenvalue weighted by atomic mass is 32.1. The van der Waals surface area contributed by atoms with Crippen molar-refractivity contribution in [3.05, 3.63) is 53.3 Å². The number of phenols is 1. The summed E-state index contributed by atoms with van der Waals surface area (Å²) in [5, 5.41) is 11.3. The van der Waals surface area contributed by atoms with Crippen molar-refractivity contribution in [2.75, 3.05) is 13.1 Å². The Hall–Kier alpha value is -2.67. The summed E-state index contributed by atoms with van der Waals surface area (Å²) in [6.07, 6.45) is 5.46. The first-order valence-corrected chi connectivity index (χ1v) is 9.50. The average molecular weight is 369 g/mol. The van der Waals surface area contributed by atoms with Crippen molar-refractivity contribution >= 4 is 28.0 Å². The number of aromatic nitrogens is 2. The van der Waals surface area contributed by atoms with Gasteiger partial charge < -0.3 is 10.0 Å². The Morgan fingerprint density at radius 1 is 1.19 bits per heavy atom. The van der Waals surface area contributed by atoms with Gasteiger partial charge in [0.2, 0.25) is 5.91 Å². The molecule has 0 atom stereocenters. The van der Waals surface area contributed by atoms with Crippen molar-refractivity contribution in [2.45, 2.75) is 19.3 Å². The number of likely N-dealkylation sites (tertiary alicyclic amines) is 1. The van der Waals surface area contributed by atoms with Crippen molar-refractivity contribution < 1.29 is 14.7 Å². The molecule has 134 valence electrons. The normalized spacial score (nSPS) is 15.5. The van der Waals surface area contributed by atoms with Gasteiger partial charge in [-0.05, 0) is 37.1 Å². The summed E-state index contributed by atoms with van der Waals surface area (Å²) < 4.78 is 1.93. The molecule has 4 rings (SSSR count). The number of amides is 1. The average Bonchev–Trinajstić information content (AvgIpc) is 3.23. The third-order valence-electron chi connectivity index (χ3n) is 4.85. The van der Waals surface area contributed by atoms with Gasteiger partial charge >= 0.3 is 0 Å². The van der Waals surface area contributed by atoms with Crippen LogP contribution in [0.15, 0.2) is 42.0 Å². The fraction of sp³-hybridized carbons (Fsp3) is 0.316. The van der Waals surface area contributed by atoms with E-state index in [2.05, 4.69) is 4.98 Å². The quantitative estimate of drug-likeness (QED) is 0.718. The number of thiazole rings is 1. The molecule has 1 saturated heterocycles. The van der Waals surface area contributed by atoms with E-state index in [1.54, 1.807) is 23.5 Å². The molecule has 3 aromatic rings. The van der Waals surface area contributed by atoms with Gasteiger partial charge in [-0.25, -0.2) is 4.98 Å². The fourth-order valence-corrected chi connectivity index (χ4v) is 4.10. The summed E-state index contributed by atoms with van der Waals surface area (Å²) in [7, 11) is 0. The monoisotopic (exact) mass is 369 g/mol. The van der Waals surface area contributed by atoms with E-state index in [9.17, 15) is 14.7 Å². The molecule has 0 spiro atoms. The Morgan fingerprint density at radius 3 is 2.62 bits per heavy atom. The molecule has 2 aromatic heterocycles. The molecule has 1 N–H and O–H groups in total. The van der Waals surface area contributed by atoms with Gasteiger partial charge in [0.1, 0.15) is 5.75 Å². The molecule has 7 heteroatoms. The Labute approximate surface area is 154 Å². The molecule has 6 nitrogen and oxygen atoms in total. The van der Waals surface area contributed by atoms with Crippen LogP contribution in [0.4, 0.5) is 0 Å². The summed E-state index contributed by atoms with van der Waals surface area (Å²) in [4.78, 5) is 32.2. The van der Waals surface area contributed by atoms with Gasteiger partial charge in [0, 0.05) is 42.3 Å². The summed E-state index contributed by atoms with van der Waals surface area (Å²) in [6, 6.07) is 6.36. The first-order valence-electron chi connectivity index (χ1n) is 8.62. The van der Waals surface area contributed by atoms with Crippen LogP contribution in [-0.2, 0) is 11.2 Å². The van der Waals surface area contributed by atoms with Gasteiger partial charge in [-0.1, -0.05) is 0 Å². The highest BCUT2D eigenvalue weighted by Gasteiger charge is 2.28. The maximum atomic E-state index is 12.6. The number of hydrogen-bond donors (Lipinski definition) is 1. The lowest BCUT2D eigenvalue weighted by molar-refractivity contribution is -0.131. The molecule has 0 aliphatic carbocycles. The predicted octanol–water partition coefficient (Wildman–Crippen LogP) is 2.77. The number of nitrogens with zero attached hydrogens (tertiary/aromatic N) is 3. The minimum absolute atomic E-state index is 0.0614. The zero-order valence-corrected chi connectivity index (χ0v) is 15.0. The number of ketones is 1. The van der Waals surface area contributed by atoms with Crippen LogP contribution < -0.4 is 0 Å². The van der Waals surface area contributed by atoms with Crippen LogP contribution in [-0.4, -0.2) is 44.2 Å². The van der Waals surface area contributed by atoms with Crippen LogP contribution in [0.1, 0.15) is 28.9 Å². The van der Waals surface area contributed by atoms with E-state index >= 15 is 0 Å². The molecular weight excluding hydrogens is 350 g/mol. The van der Waals surface area contributed by atoms with Crippen LogP contribution in [0, 0.1) is 5.92 Å². The number of aromatic hydroxyl groups is 1. The Balaban J connectivity index is 1.33. The Kier molecular flexibility index (Phi) is 4.46. The number of benzene rings is 1. The topological polar surface area (TPSA) is 74.9 Å². The van der Waals surface area contributed by atoms with Crippen molar-refractivity contribution in [3.8, 4) is 5.75 Å². The molecule has 1 aliphatic heterocycles. The Morgan fingerprint density at radius 2 is 1.92 bits per heavy atom. The van der Waals surface area contributed by atoms with Crippen molar-refractivity contribution in [1.29, 1.82) is 0 Å². The van der Waals surface area contributed by atoms with Gasteiger partial charge in [0.25, 0.3) is 0 Å². The number of Topliss-reactive ketones (excluding diaryl/α,β-unsaturated/α-hetero) is 1. The van der Waals surface area contributed by atoms with E-state index < -0.39 is 0 Å². The number of phenolic OH excluding ortho intramolecular Hbond substituents is 1. The molecule has 0 saturated carbocycles. The van der Waals surface area contributed by atoms with Gasteiger partial charge in [0.05, 0.1) is 12.1 Å². The summed E-state index contributed by atoms with van der Waals surface area (Å²) in [5.41, 5.74) is 1.40. The third kappa shape index (κ3) is 3.35. The molecule has 26 heavy (non-hydrogen) atoms. The first kappa shape index (κ1) is 16.8. The molecule has 0 bridgehead atoms. The summed E-state index contributed by atoms with van der Waals surface area (Å²) >= 11 is 1.55. The predicted molar refractivity (Wildman–Crippen MR) is 98.5 cm³/mol. The number of fused-ring (bicyclic) bond motifs is 1. The molecular formula is C19H19N3O3S. The molecule has 1 fully saturated rings. The highest BCUT2D eigenvalue weighted by Crippen LogP contribution is 2.23. The van der Waals surface area contributed by atoms with Crippen LogP contribution in [0.5, 0.6) is 5.75 Å². The van der Waals surface area contributed by atoms with Gasteiger partial charge in [-0.2, -0.15) is 0 Å². The van der Waals surface area contributed by atoms with E-state index in [1.807, 2.05) is 27.1 Å². The second-order valence-corrected chi connectivity index (χ2v) is 7.44. The molecule has 3 heterocycles. The van der Waals surface area contributed by atoms with Crippen LogP contribution >= 0.6 is 11.3 Å². The Bertz CT molecular complexity index is 908. The van der Waals surface area contributed by atoms with E-state index in [0.717, 1.165) is 10.7 Å². The SMILES string of the molecule is O=C(c1ccc(O)cc1)C1CCN(C(=O)Cc2cn3ccsc3n2)CC1. The van der Waals surface area contributed by atoms with E-state index in [-0.39, 0.29) is 23.4 Å². The number of hydrogen-bond acceptors (Lipinski definition) is 5. The largest absolute Gasteiger partial charge is 0.508 e. The molecule has 1 aromatic carbocycles. The number of rotatable bonds is 4. The lowest BCUT2D eigenvalue weighted by Crippen LogP contribution is -2.41. The molecule has 1 aliphatic rings. The standard InChI is InChI=1S/C19H19N3O3S/c23-16-3-1-13(2-4-16)18(25)14-5-7-21(8-6-14)17(24)11-15-12-22-9-10-26-19(22)20-15/h1-4,9-10,12,14,23H,5-8,11H2. The van der Waals surface area contributed by atoms with Crippen LogP contribution in [0.3, 0.4) is 0 Å². The molecule has 1 amide bonds. The number of piperidine rings is 1. The zero-order chi connectivity index (χ0) is 18.1. The van der Waals surface area contributed by atoms with E-state index in [1.165, 1.54) is 12.1 Å². The van der Waals surface area contributed by atoms with Gasteiger partial charge in [-0.15, -0.1) is 11.3 Å². The maximum Gasteiger partial charge on any atom is 0.228 e. The first-order chi connectivity index (χ1) is 12.6. The second-order valence-electron chi connectivity index (χ2n) is 6.57. The van der Waals surface area contributed by atoms with Gasteiger partial charge in [0.15, 0.2) is 10.7 Å². The summed E-state index contributed by atoms with van der Waals surface area (Å²) in [5.74, 6) is 0.236. The molecule has 0 radical (unpaired) electrons. The fourth-order valence-electron chi connectivity index (χ4n) is 3.38. The van der Waals surface area contributed by atoms with Crippen molar-refractivity contribution in [1.82, 2.24) is 14.3 Å². The lowest BCUT2D eigenvalue weighted by Gasteiger charge is -2.31. The zero-order valence-electron chi connectivity index (χ0n) is 14.2. The van der Waals surface area contributed by atoms with Crippen LogP contribution in [0.2, 0.25) is 0 Å². The second kappa shape index (κ2) is 6.92. The van der Waals surface area contributed by atoms with E-state index in [4.69, 9.17) is 0 Å². The van der Waals surface area contributed by atoms with Crippen molar-refractivity contribution in [2.24, 2.45) is 5.92 Å². The number of imidazole rings is 1. The smallest absolute Gasteiger partial charge is 0.228 e. The summed E-state index contributed by atoms with van der Waals surface area (Å²) in [6.45, 7) is 1.19. The molecule has 0 unspecified atom stereocenters. The maximum absolute atomic E-state index is 12.6. The van der Waals surface area contributed by atoms with Crippen molar-refractivity contribution in [3.63, 3.8) is 0 Å². The number of carbonyl (C=O) groups is 2. The van der Waals surface area contributed by atoms with Gasteiger partial charge in [-0.3, -0.25) is 14.0 Å². The highest BCUT2D eigenvalue weighted by molar-refractivity contribution is 7.15. The van der Waals surface area contributed by atoms with Crippen LogP contribution in [0.25, 0.3) is 4.96 Å². The third-order valence-corrected chi connectivity index (χ3v) is 5.62. The minimum atomic E-state index is -0.0680.